The highest BCUT2D eigenvalue weighted by Crippen LogP contribution is 2.29. The number of ether oxygens (including phenoxy) is 1. The van der Waals surface area contributed by atoms with Gasteiger partial charge >= 0.3 is 0 Å². The smallest absolute Gasteiger partial charge is 0.232 e. The van der Waals surface area contributed by atoms with Crippen LogP contribution in [0.3, 0.4) is 0 Å². The number of nitrogens with zero attached hydrogens (tertiary/aromatic N) is 1. The molecule has 4 rings (SSSR count). The number of aromatic amines is 2. The van der Waals surface area contributed by atoms with E-state index in [0.29, 0.717) is 36.5 Å². The van der Waals surface area contributed by atoms with E-state index < -0.39 is 38.7 Å². The zero-order chi connectivity index (χ0) is 23.6. The van der Waals surface area contributed by atoms with Crippen molar-refractivity contribution in [1.82, 2.24) is 9.97 Å². The number of aromatic nitrogens is 3. The van der Waals surface area contributed by atoms with E-state index in [1.54, 1.807) is 6.92 Å². The zero-order valence-electron chi connectivity index (χ0n) is 17.9. The van der Waals surface area contributed by atoms with Crippen molar-refractivity contribution in [3.05, 3.63) is 47.4 Å². The van der Waals surface area contributed by atoms with Gasteiger partial charge in [-0.1, -0.05) is 11.9 Å². The number of benzene rings is 1. The predicted molar refractivity (Wildman–Crippen MR) is 118 cm³/mol. The van der Waals surface area contributed by atoms with Crippen LogP contribution in [-0.4, -0.2) is 49.2 Å². The first-order valence-corrected chi connectivity index (χ1v) is 12.2. The summed E-state index contributed by atoms with van der Waals surface area (Å²) in [5.41, 5.74) is -0.991. The Morgan fingerprint density at radius 1 is 1.30 bits per heavy atom. The molecule has 0 bridgehead atoms. The van der Waals surface area contributed by atoms with Gasteiger partial charge in [0.25, 0.3) is 0 Å². The van der Waals surface area contributed by atoms with Gasteiger partial charge in [-0.3, -0.25) is 9.52 Å². The molecule has 1 saturated heterocycles. The number of carbonyl (C=O) groups is 1. The molecule has 0 radical (unpaired) electrons. The van der Waals surface area contributed by atoms with Crippen LogP contribution in [0.2, 0.25) is 0 Å². The Kier molecular flexibility index (Phi) is 6.56. The highest BCUT2D eigenvalue weighted by atomic mass is 32.2. The van der Waals surface area contributed by atoms with Gasteiger partial charge in [-0.25, -0.2) is 22.2 Å². The summed E-state index contributed by atoms with van der Waals surface area (Å²) in [6.45, 7) is 2.85. The topological polar surface area (TPSA) is 127 Å². The van der Waals surface area contributed by atoms with Gasteiger partial charge in [-0.2, -0.15) is 0 Å². The molecule has 1 fully saturated rings. The van der Waals surface area contributed by atoms with Crippen LogP contribution in [-0.2, 0) is 14.8 Å². The molecule has 1 aromatic carbocycles. The Morgan fingerprint density at radius 3 is 2.79 bits per heavy atom. The van der Waals surface area contributed by atoms with Crippen molar-refractivity contribution in [3.63, 3.8) is 0 Å². The first kappa shape index (κ1) is 23.1. The van der Waals surface area contributed by atoms with Crippen LogP contribution in [0.25, 0.3) is 11.0 Å². The maximum Gasteiger partial charge on any atom is 0.232 e. The molecule has 176 valence electrons. The lowest BCUT2D eigenvalue weighted by Crippen LogP contribution is -2.30. The average molecular weight is 481 g/mol. The van der Waals surface area contributed by atoms with E-state index >= 15 is 4.39 Å². The van der Waals surface area contributed by atoms with Crippen LogP contribution < -0.4 is 15.0 Å². The van der Waals surface area contributed by atoms with E-state index in [-0.39, 0.29) is 17.4 Å². The quantitative estimate of drug-likeness (QED) is 0.426. The van der Waals surface area contributed by atoms with Gasteiger partial charge in [0, 0.05) is 32.3 Å². The molecule has 0 spiro atoms. The van der Waals surface area contributed by atoms with E-state index in [1.165, 1.54) is 12.5 Å². The minimum Gasteiger partial charge on any atom is -0.381 e. The van der Waals surface area contributed by atoms with Gasteiger partial charge in [0.2, 0.25) is 33.6 Å². The molecular formula is C21H24F2N5O4S+. The summed E-state index contributed by atoms with van der Waals surface area (Å²) in [5, 5.41) is 3.67. The predicted octanol–water partition coefficient (Wildman–Crippen LogP) is 2.63. The fraction of sp³-hybridized carbons (Fsp3) is 0.381. The van der Waals surface area contributed by atoms with E-state index in [9.17, 15) is 17.6 Å². The Labute approximate surface area is 189 Å². The number of carbonyl (C=O) groups excluding carboxylic acids is 1. The van der Waals surface area contributed by atoms with Crippen molar-refractivity contribution in [2.75, 3.05) is 29.0 Å². The molecule has 2 aromatic heterocycles. The largest absolute Gasteiger partial charge is 0.381 e. The van der Waals surface area contributed by atoms with Crippen LogP contribution in [0.15, 0.2) is 24.7 Å². The number of H-pyrrole nitrogens is 2. The maximum atomic E-state index is 15.2. The maximum absolute atomic E-state index is 15.2. The third-order valence-corrected chi connectivity index (χ3v) is 6.86. The monoisotopic (exact) mass is 480 g/mol. The SMILES string of the molecule is CCCS(=O)(=O)Nc1ccc(F)c(C(=O)c2c[nH]c3nc[nH+]c(NC4CCOCC4)c23)c1F. The highest BCUT2D eigenvalue weighted by molar-refractivity contribution is 7.92. The normalized spacial score (nSPS) is 15.0. The molecule has 0 saturated carbocycles. The Morgan fingerprint density at radius 2 is 2.06 bits per heavy atom. The first-order chi connectivity index (χ1) is 15.8. The molecule has 1 aliphatic rings. The summed E-state index contributed by atoms with van der Waals surface area (Å²) in [6.07, 6.45) is 4.60. The lowest BCUT2D eigenvalue weighted by Gasteiger charge is -2.20. The Bertz CT molecular complexity index is 1290. The molecule has 0 unspecified atom stereocenters. The van der Waals surface area contributed by atoms with Crippen LogP contribution in [0.1, 0.15) is 42.1 Å². The van der Waals surface area contributed by atoms with Gasteiger partial charge in [-0.05, 0) is 18.6 Å². The van der Waals surface area contributed by atoms with Gasteiger partial charge in [0.15, 0.2) is 5.82 Å². The summed E-state index contributed by atoms with van der Waals surface area (Å²) in [6, 6.07) is 1.90. The van der Waals surface area contributed by atoms with Crippen molar-refractivity contribution in [2.45, 2.75) is 32.2 Å². The summed E-state index contributed by atoms with van der Waals surface area (Å²) in [4.78, 5) is 23.3. The number of hydrogen-bond donors (Lipinski definition) is 3. The fourth-order valence-corrected chi connectivity index (χ4v) is 4.93. The molecule has 1 aliphatic heterocycles. The lowest BCUT2D eigenvalue weighted by molar-refractivity contribution is -0.364. The Balaban J connectivity index is 1.74. The van der Waals surface area contributed by atoms with E-state index in [1.807, 2.05) is 0 Å². The minimum atomic E-state index is -3.84. The molecule has 0 atom stereocenters. The molecular weight excluding hydrogens is 456 g/mol. The lowest BCUT2D eigenvalue weighted by atomic mass is 10.0. The van der Waals surface area contributed by atoms with E-state index in [0.717, 1.165) is 25.0 Å². The highest BCUT2D eigenvalue weighted by Gasteiger charge is 2.29. The number of halogens is 2. The first-order valence-electron chi connectivity index (χ1n) is 10.6. The number of ketones is 1. The number of sulfonamides is 1. The number of anilines is 2. The van der Waals surface area contributed by atoms with Crippen molar-refractivity contribution in [1.29, 1.82) is 0 Å². The van der Waals surface area contributed by atoms with E-state index in [2.05, 4.69) is 25.0 Å². The van der Waals surface area contributed by atoms with Crippen LogP contribution >= 0.6 is 0 Å². The second-order valence-electron chi connectivity index (χ2n) is 7.77. The van der Waals surface area contributed by atoms with Crippen LogP contribution in [0.5, 0.6) is 0 Å². The number of nitrogens with one attached hydrogen (secondary N) is 4. The summed E-state index contributed by atoms with van der Waals surface area (Å²) in [5.74, 6) is -3.07. The van der Waals surface area contributed by atoms with Gasteiger partial charge in [0.05, 0.1) is 28.6 Å². The van der Waals surface area contributed by atoms with Crippen LogP contribution in [0.4, 0.5) is 20.3 Å². The number of hydrogen-bond acceptors (Lipinski definition) is 6. The Hall–Kier alpha value is -3.12. The minimum absolute atomic E-state index is 0.00438. The average Bonchev–Trinajstić information content (AvgIpc) is 3.22. The second kappa shape index (κ2) is 9.40. The third kappa shape index (κ3) is 4.81. The second-order valence-corrected chi connectivity index (χ2v) is 9.61. The fourth-order valence-electron chi connectivity index (χ4n) is 3.80. The van der Waals surface area contributed by atoms with E-state index in [4.69, 9.17) is 4.74 Å². The summed E-state index contributed by atoms with van der Waals surface area (Å²) >= 11 is 0. The molecule has 3 aromatic rings. The van der Waals surface area contributed by atoms with Gasteiger partial charge < -0.3 is 15.0 Å². The standard InChI is InChI=1S/C21H23F2N5O4S/c1-2-9-33(30,31)28-15-4-3-14(22)17(18(15)23)19(29)13-10-24-20-16(13)21(26-11-25-20)27-12-5-7-32-8-6-12/h3-4,10-12,28H,2,5-9H2,1H3,(H2,24,25,26,27)/p+1. The summed E-state index contributed by atoms with van der Waals surface area (Å²) < 4.78 is 61.4. The van der Waals surface area contributed by atoms with Gasteiger partial charge in [0.1, 0.15) is 11.2 Å². The molecule has 33 heavy (non-hydrogen) atoms. The molecule has 9 nitrogen and oxygen atoms in total. The summed E-state index contributed by atoms with van der Waals surface area (Å²) in [7, 11) is -3.84. The molecule has 0 amide bonds. The molecule has 4 N–H and O–H groups in total. The molecule has 12 heteroatoms. The number of fused-ring (bicyclic) bond motifs is 1. The van der Waals surface area contributed by atoms with Crippen molar-refractivity contribution < 1.29 is 31.7 Å². The molecule has 3 heterocycles. The number of rotatable bonds is 8. The third-order valence-electron chi connectivity index (χ3n) is 5.38. The zero-order valence-corrected chi connectivity index (χ0v) is 18.7. The van der Waals surface area contributed by atoms with Crippen LogP contribution in [0, 0.1) is 11.6 Å². The van der Waals surface area contributed by atoms with Crippen molar-refractivity contribution >= 4 is 38.3 Å². The van der Waals surface area contributed by atoms with Crippen molar-refractivity contribution in [3.8, 4) is 0 Å². The van der Waals surface area contributed by atoms with Crippen molar-refractivity contribution in [2.24, 2.45) is 0 Å². The molecule has 0 aliphatic carbocycles. The van der Waals surface area contributed by atoms with Gasteiger partial charge in [-0.15, -0.1) is 0 Å².